The average Bonchev–Trinajstić information content (AvgIpc) is 2.48. The minimum atomic E-state index is 0.133. The number of dihydropyridines is 1. The smallest absolute Gasteiger partial charge is 0.224 e. The van der Waals surface area contributed by atoms with Crippen LogP contribution in [0.15, 0.2) is 41.4 Å². The van der Waals surface area contributed by atoms with Crippen molar-refractivity contribution in [3.8, 4) is 5.88 Å². The third-order valence-electron chi connectivity index (χ3n) is 3.04. The Hall–Kier alpha value is -2.23. The van der Waals surface area contributed by atoms with E-state index < -0.39 is 0 Å². The summed E-state index contributed by atoms with van der Waals surface area (Å²) < 4.78 is 5.64. The van der Waals surface area contributed by atoms with Crippen molar-refractivity contribution in [1.29, 1.82) is 0 Å². The molecule has 1 aromatic heterocycles. The van der Waals surface area contributed by atoms with E-state index in [4.69, 9.17) is 4.74 Å². The highest BCUT2D eigenvalue weighted by molar-refractivity contribution is 5.83. The molecule has 0 fully saturated rings. The van der Waals surface area contributed by atoms with Gasteiger partial charge in [-0.1, -0.05) is 18.2 Å². The van der Waals surface area contributed by atoms with E-state index in [9.17, 15) is 0 Å². The first-order valence-electron chi connectivity index (χ1n) is 6.44. The molecular weight excluding hydrogens is 238 g/mol. The predicted octanol–water partition coefficient (Wildman–Crippen LogP) is 2.75. The number of aromatic nitrogens is 2. The first kappa shape index (κ1) is 11.8. The predicted molar refractivity (Wildman–Crippen MR) is 75.9 cm³/mol. The number of fused-ring (bicyclic) bond motifs is 1. The van der Waals surface area contributed by atoms with Crippen molar-refractivity contribution >= 4 is 17.1 Å². The lowest BCUT2D eigenvalue weighted by Gasteiger charge is -2.14. The van der Waals surface area contributed by atoms with E-state index in [2.05, 4.69) is 21.0 Å². The van der Waals surface area contributed by atoms with Crippen LogP contribution in [0.5, 0.6) is 5.88 Å². The topological polar surface area (TPSA) is 47.4 Å². The molecular formula is C15H15N3O. The van der Waals surface area contributed by atoms with Crippen molar-refractivity contribution in [2.75, 3.05) is 13.2 Å². The van der Waals surface area contributed by atoms with Crippen LogP contribution in [-0.2, 0) is 0 Å². The normalized spacial score (nSPS) is 17.8. The lowest BCUT2D eigenvalue weighted by atomic mass is 10.1. The summed E-state index contributed by atoms with van der Waals surface area (Å²) >= 11 is 0. The van der Waals surface area contributed by atoms with Crippen LogP contribution < -0.4 is 4.74 Å². The van der Waals surface area contributed by atoms with Gasteiger partial charge in [0.2, 0.25) is 5.88 Å². The highest BCUT2D eigenvalue weighted by Gasteiger charge is 2.16. The Balaban J connectivity index is 2.10. The second-order valence-electron chi connectivity index (χ2n) is 4.34. The van der Waals surface area contributed by atoms with Gasteiger partial charge < -0.3 is 4.74 Å². The van der Waals surface area contributed by atoms with Crippen molar-refractivity contribution in [2.24, 2.45) is 4.99 Å². The largest absolute Gasteiger partial charge is 0.477 e. The number of allylic oxidation sites excluding steroid dienone is 1. The minimum absolute atomic E-state index is 0.133. The first-order chi connectivity index (χ1) is 9.38. The molecule has 1 aliphatic rings. The molecule has 0 saturated carbocycles. The Morgan fingerprint density at radius 1 is 1.26 bits per heavy atom. The van der Waals surface area contributed by atoms with Gasteiger partial charge in [-0.05, 0) is 25.1 Å². The lowest BCUT2D eigenvalue weighted by molar-refractivity contribution is 0.329. The molecule has 3 rings (SSSR count). The fourth-order valence-corrected chi connectivity index (χ4v) is 2.12. The summed E-state index contributed by atoms with van der Waals surface area (Å²) in [5.74, 6) is 1.56. The highest BCUT2D eigenvalue weighted by atomic mass is 16.5. The van der Waals surface area contributed by atoms with Crippen molar-refractivity contribution in [2.45, 2.75) is 12.8 Å². The molecule has 0 N–H and O–H groups in total. The number of para-hydroxylation sites is 1. The van der Waals surface area contributed by atoms with E-state index in [1.165, 1.54) is 0 Å². The van der Waals surface area contributed by atoms with Crippen LogP contribution in [0.1, 0.15) is 18.7 Å². The molecule has 0 spiro atoms. The Kier molecular flexibility index (Phi) is 3.23. The van der Waals surface area contributed by atoms with E-state index in [0.29, 0.717) is 19.0 Å². The second kappa shape index (κ2) is 5.18. The number of hydrogen-bond acceptors (Lipinski definition) is 4. The number of hydrogen-bond donors (Lipinski definition) is 0. The third kappa shape index (κ3) is 2.34. The van der Waals surface area contributed by atoms with Gasteiger partial charge >= 0.3 is 0 Å². The van der Waals surface area contributed by atoms with E-state index in [1.54, 1.807) is 6.21 Å². The van der Waals surface area contributed by atoms with Crippen LogP contribution in [0, 0.1) is 0 Å². The average molecular weight is 253 g/mol. The molecule has 0 bridgehead atoms. The van der Waals surface area contributed by atoms with Gasteiger partial charge in [0.25, 0.3) is 0 Å². The summed E-state index contributed by atoms with van der Waals surface area (Å²) in [5.41, 5.74) is 0.916. The molecule has 2 heterocycles. The third-order valence-corrected chi connectivity index (χ3v) is 3.04. The van der Waals surface area contributed by atoms with Gasteiger partial charge in [0.1, 0.15) is 5.82 Å². The van der Waals surface area contributed by atoms with Gasteiger partial charge in [-0.25, -0.2) is 4.98 Å². The van der Waals surface area contributed by atoms with Crippen molar-refractivity contribution in [1.82, 2.24) is 9.97 Å². The van der Waals surface area contributed by atoms with Crippen LogP contribution in [-0.4, -0.2) is 29.3 Å². The second-order valence-corrected chi connectivity index (χ2v) is 4.34. The Morgan fingerprint density at radius 3 is 2.95 bits per heavy atom. The fraction of sp³-hybridized carbons (Fsp3) is 0.267. The van der Waals surface area contributed by atoms with Gasteiger partial charge in [0.15, 0.2) is 0 Å². The van der Waals surface area contributed by atoms with E-state index in [0.717, 1.165) is 16.7 Å². The van der Waals surface area contributed by atoms with Gasteiger partial charge in [-0.2, -0.15) is 4.98 Å². The van der Waals surface area contributed by atoms with Gasteiger partial charge in [0.05, 0.1) is 30.0 Å². The lowest BCUT2D eigenvalue weighted by Crippen LogP contribution is -2.09. The Labute approximate surface area is 111 Å². The zero-order valence-electron chi connectivity index (χ0n) is 10.8. The molecule has 1 aromatic carbocycles. The first-order valence-corrected chi connectivity index (χ1v) is 6.44. The molecule has 1 atom stereocenters. The highest BCUT2D eigenvalue weighted by Crippen LogP contribution is 2.26. The molecule has 4 nitrogen and oxygen atoms in total. The van der Waals surface area contributed by atoms with Crippen LogP contribution >= 0.6 is 0 Å². The molecule has 1 unspecified atom stereocenters. The maximum atomic E-state index is 5.64. The number of benzene rings is 1. The van der Waals surface area contributed by atoms with Crippen molar-refractivity contribution < 1.29 is 4.74 Å². The molecule has 19 heavy (non-hydrogen) atoms. The summed E-state index contributed by atoms with van der Waals surface area (Å²) in [5, 5.41) is 0.955. The number of nitrogens with zero attached hydrogens (tertiary/aromatic N) is 3. The van der Waals surface area contributed by atoms with Crippen LogP contribution in [0.4, 0.5) is 0 Å². The summed E-state index contributed by atoms with van der Waals surface area (Å²) in [4.78, 5) is 13.4. The van der Waals surface area contributed by atoms with Crippen LogP contribution in [0.25, 0.3) is 10.9 Å². The summed E-state index contributed by atoms with van der Waals surface area (Å²) in [6.45, 7) is 3.25. The van der Waals surface area contributed by atoms with Gasteiger partial charge in [0, 0.05) is 6.21 Å². The van der Waals surface area contributed by atoms with Crippen LogP contribution in [0.2, 0.25) is 0 Å². The molecule has 1 aliphatic heterocycles. The number of aliphatic imine (C=N–C) groups is 1. The number of rotatable bonds is 3. The maximum Gasteiger partial charge on any atom is 0.224 e. The molecule has 0 saturated heterocycles. The quantitative estimate of drug-likeness (QED) is 0.845. The van der Waals surface area contributed by atoms with Crippen LogP contribution in [0.3, 0.4) is 0 Å². The summed E-state index contributed by atoms with van der Waals surface area (Å²) in [6, 6.07) is 7.92. The van der Waals surface area contributed by atoms with Gasteiger partial charge in [-0.15, -0.1) is 0 Å². The zero-order valence-corrected chi connectivity index (χ0v) is 10.8. The van der Waals surface area contributed by atoms with E-state index in [-0.39, 0.29) is 5.92 Å². The standard InChI is InChI=1S/C15H15N3O/c1-2-19-15-12-7-3-4-8-13(12)17-14(18-15)11-6-5-9-16-10-11/h3-9,11H,2,10H2,1H3. The molecule has 0 radical (unpaired) electrons. The SMILES string of the molecule is CCOc1nc(C2C=CC=NC2)nc2ccccc12. The monoisotopic (exact) mass is 253 g/mol. The molecule has 0 aliphatic carbocycles. The maximum absolute atomic E-state index is 5.64. The van der Waals surface area contributed by atoms with E-state index >= 15 is 0 Å². The molecule has 0 amide bonds. The van der Waals surface area contributed by atoms with Gasteiger partial charge in [-0.3, -0.25) is 4.99 Å². The summed E-state index contributed by atoms with van der Waals surface area (Å²) in [7, 11) is 0. The van der Waals surface area contributed by atoms with Crippen molar-refractivity contribution in [3.05, 3.63) is 42.2 Å². The van der Waals surface area contributed by atoms with E-state index in [1.807, 2.05) is 37.3 Å². The molecule has 96 valence electrons. The Morgan fingerprint density at radius 2 is 2.16 bits per heavy atom. The molecule has 2 aromatic rings. The minimum Gasteiger partial charge on any atom is -0.477 e. The summed E-state index contributed by atoms with van der Waals surface area (Å²) in [6.07, 6.45) is 5.82. The molecule has 4 heteroatoms. The Bertz CT molecular complexity index is 649. The zero-order chi connectivity index (χ0) is 13.1. The van der Waals surface area contributed by atoms with Crippen molar-refractivity contribution in [3.63, 3.8) is 0 Å². The fourth-order valence-electron chi connectivity index (χ4n) is 2.12. The number of ether oxygens (including phenoxy) is 1.